The van der Waals surface area contributed by atoms with Crippen molar-refractivity contribution in [1.29, 1.82) is 0 Å². The van der Waals surface area contributed by atoms with Crippen LogP contribution in [0.15, 0.2) is 66.7 Å². The standard InChI is InChI=1S/C30H26N2O7/c1-4-39-28(34)26-23-19-12-10-17(32(36)37)14-20(19)27(33)24(23)25(16-8-6-5-7-9-16)30(26)21-15-18(38-3)11-13-22(21)31(2)29(30)35/h5-15,23-26H,4H2,1-3H3. The number of ketones is 1. The highest BCUT2D eigenvalue weighted by atomic mass is 16.6. The topological polar surface area (TPSA) is 116 Å². The summed E-state index contributed by atoms with van der Waals surface area (Å²) in [6.07, 6.45) is 0. The molecule has 9 heteroatoms. The van der Waals surface area contributed by atoms with Gasteiger partial charge in [0.05, 0.1) is 30.0 Å². The number of ether oxygens (including phenoxy) is 2. The molecule has 5 atom stereocenters. The molecule has 0 radical (unpaired) electrons. The molecule has 1 fully saturated rings. The highest BCUT2D eigenvalue weighted by molar-refractivity contribution is 6.15. The van der Waals surface area contributed by atoms with Gasteiger partial charge in [0.1, 0.15) is 5.75 Å². The maximum atomic E-state index is 14.6. The summed E-state index contributed by atoms with van der Waals surface area (Å²) in [4.78, 5) is 55.3. The Kier molecular flexibility index (Phi) is 5.57. The summed E-state index contributed by atoms with van der Waals surface area (Å²) in [5.41, 5.74) is 1.04. The average molecular weight is 527 g/mol. The number of nitrogens with zero attached hydrogens (tertiary/aromatic N) is 2. The fraction of sp³-hybridized carbons (Fsp3) is 0.300. The highest BCUT2D eigenvalue weighted by Gasteiger charge is 2.74. The quantitative estimate of drug-likeness (QED) is 0.275. The van der Waals surface area contributed by atoms with Crippen molar-refractivity contribution in [2.24, 2.45) is 11.8 Å². The highest BCUT2D eigenvalue weighted by Crippen LogP contribution is 2.70. The van der Waals surface area contributed by atoms with Gasteiger partial charge in [-0.2, -0.15) is 0 Å². The molecule has 198 valence electrons. The Morgan fingerprint density at radius 2 is 1.79 bits per heavy atom. The lowest BCUT2D eigenvalue weighted by atomic mass is 9.63. The SMILES string of the molecule is CCOC(=O)C1C2c3ccc([N+](=O)[O-])cc3C(=O)C2C(c2ccccc2)C12C(=O)N(C)c1ccc(OC)cc12. The Labute approximate surface area is 224 Å². The first-order valence-corrected chi connectivity index (χ1v) is 12.8. The van der Waals surface area contributed by atoms with E-state index in [9.17, 15) is 24.5 Å². The fourth-order valence-electron chi connectivity index (χ4n) is 7.27. The molecule has 39 heavy (non-hydrogen) atoms. The number of carbonyl (C=O) groups is 3. The maximum absolute atomic E-state index is 14.6. The zero-order chi connectivity index (χ0) is 27.6. The van der Waals surface area contributed by atoms with Crippen molar-refractivity contribution >= 4 is 29.0 Å². The van der Waals surface area contributed by atoms with Crippen molar-refractivity contribution in [1.82, 2.24) is 0 Å². The van der Waals surface area contributed by atoms with E-state index in [-0.39, 0.29) is 29.5 Å². The molecule has 3 aliphatic rings. The number of fused-ring (bicyclic) bond motifs is 5. The number of non-ortho nitro benzene ring substituents is 1. The lowest BCUT2D eigenvalue weighted by molar-refractivity contribution is -0.384. The van der Waals surface area contributed by atoms with E-state index in [2.05, 4.69) is 0 Å². The van der Waals surface area contributed by atoms with Gasteiger partial charge in [-0.05, 0) is 41.8 Å². The van der Waals surface area contributed by atoms with Crippen molar-refractivity contribution < 1.29 is 28.8 Å². The van der Waals surface area contributed by atoms with Crippen molar-refractivity contribution in [3.8, 4) is 5.75 Å². The second kappa shape index (κ2) is 8.76. The van der Waals surface area contributed by atoms with Crippen molar-refractivity contribution in [3.05, 3.63) is 99.1 Å². The first-order valence-electron chi connectivity index (χ1n) is 12.8. The molecule has 6 rings (SSSR count). The number of benzene rings is 3. The molecule has 1 aliphatic heterocycles. The first kappa shape index (κ1) is 24.8. The third-order valence-electron chi connectivity index (χ3n) is 8.63. The number of rotatable bonds is 5. The largest absolute Gasteiger partial charge is 0.497 e. The van der Waals surface area contributed by atoms with E-state index >= 15 is 0 Å². The molecule has 3 aromatic rings. The average Bonchev–Trinajstić information content (AvgIpc) is 3.49. The summed E-state index contributed by atoms with van der Waals surface area (Å²) in [6, 6.07) is 18.8. The number of nitro benzene ring substituents is 1. The van der Waals surface area contributed by atoms with Crippen molar-refractivity contribution in [2.75, 3.05) is 25.7 Å². The molecule has 5 unspecified atom stereocenters. The minimum Gasteiger partial charge on any atom is -0.497 e. The van der Waals surface area contributed by atoms with Gasteiger partial charge in [-0.1, -0.05) is 36.4 Å². The van der Waals surface area contributed by atoms with Crippen molar-refractivity contribution in [3.63, 3.8) is 0 Å². The molecule has 0 saturated heterocycles. The summed E-state index contributed by atoms with van der Waals surface area (Å²) in [5.74, 6) is -4.00. The van der Waals surface area contributed by atoms with Crippen LogP contribution in [0.5, 0.6) is 5.75 Å². The predicted octanol–water partition coefficient (Wildman–Crippen LogP) is 4.39. The molecule has 3 aromatic carbocycles. The maximum Gasteiger partial charge on any atom is 0.311 e. The molecule has 0 N–H and O–H groups in total. The van der Waals surface area contributed by atoms with Gasteiger partial charge < -0.3 is 14.4 Å². The molecule has 0 aromatic heterocycles. The summed E-state index contributed by atoms with van der Waals surface area (Å²) in [6.45, 7) is 1.79. The second-order valence-electron chi connectivity index (χ2n) is 10.2. The summed E-state index contributed by atoms with van der Waals surface area (Å²) in [7, 11) is 3.20. The van der Waals surface area contributed by atoms with Crippen LogP contribution in [0.4, 0.5) is 11.4 Å². The van der Waals surface area contributed by atoms with Crippen LogP contribution < -0.4 is 9.64 Å². The fourth-order valence-corrected chi connectivity index (χ4v) is 7.27. The van der Waals surface area contributed by atoms with Gasteiger partial charge in [0.2, 0.25) is 5.91 Å². The first-order chi connectivity index (χ1) is 18.8. The number of carbonyl (C=O) groups excluding carboxylic acids is 3. The number of amides is 1. The van der Waals surface area contributed by atoms with E-state index in [4.69, 9.17) is 9.47 Å². The van der Waals surface area contributed by atoms with Gasteiger partial charge in [-0.25, -0.2) is 0 Å². The van der Waals surface area contributed by atoms with E-state index in [1.807, 2.05) is 30.3 Å². The van der Waals surface area contributed by atoms with Gasteiger partial charge in [0.25, 0.3) is 5.69 Å². The summed E-state index contributed by atoms with van der Waals surface area (Å²) in [5, 5.41) is 11.5. The minimum absolute atomic E-state index is 0.0921. The van der Waals surface area contributed by atoms with Gasteiger partial charge in [-0.15, -0.1) is 0 Å². The number of methoxy groups -OCH3 is 1. The smallest absolute Gasteiger partial charge is 0.311 e. The Bertz CT molecular complexity index is 1550. The van der Waals surface area contributed by atoms with E-state index in [1.54, 1.807) is 43.1 Å². The second-order valence-corrected chi connectivity index (χ2v) is 10.2. The lowest BCUT2D eigenvalue weighted by Crippen LogP contribution is -2.49. The van der Waals surface area contributed by atoms with E-state index < -0.39 is 40.0 Å². The minimum atomic E-state index is -1.46. The number of hydrogen-bond donors (Lipinski definition) is 0. The van der Waals surface area contributed by atoms with Crippen LogP contribution in [-0.2, 0) is 19.7 Å². The molecule has 9 nitrogen and oxygen atoms in total. The van der Waals surface area contributed by atoms with Gasteiger partial charge in [0.15, 0.2) is 5.78 Å². The number of anilines is 1. The van der Waals surface area contributed by atoms with E-state index in [0.29, 0.717) is 22.6 Å². The molecule has 0 bridgehead atoms. The molecular formula is C30H26N2O7. The number of hydrogen-bond acceptors (Lipinski definition) is 7. The predicted molar refractivity (Wildman–Crippen MR) is 141 cm³/mol. The van der Waals surface area contributed by atoms with E-state index in [1.165, 1.54) is 19.2 Å². The van der Waals surface area contributed by atoms with Crippen LogP contribution in [0.2, 0.25) is 0 Å². The van der Waals surface area contributed by atoms with Gasteiger partial charge >= 0.3 is 5.97 Å². The van der Waals surface area contributed by atoms with Crippen LogP contribution in [0.3, 0.4) is 0 Å². The zero-order valence-corrected chi connectivity index (χ0v) is 21.6. The molecule has 1 amide bonds. The zero-order valence-electron chi connectivity index (χ0n) is 21.6. The van der Waals surface area contributed by atoms with Crippen molar-refractivity contribution in [2.45, 2.75) is 24.2 Å². The molecule has 2 aliphatic carbocycles. The van der Waals surface area contributed by atoms with Gasteiger partial charge in [-0.3, -0.25) is 24.5 Å². The Morgan fingerprint density at radius 1 is 1.05 bits per heavy atom. The monoisotopic (exact) mass is 526 g/mol. The van der Waals surface area contributed by atoms with Crippen LogP contribution in [0.25, 0.3) is 0 Å². The normalized spacial score (nSPS) is 26.4. The summed E-state index contributed by atoms with van der Waals surface area (Å²) < 4.78 is 11.1. The number of likely N-dealkylation sites (N-methyl/N-ethyl adjacent to an activating group) is 1. The van der Waals surface area contributed by atoms with E-state index in [0.717, 1.165) is 5.56 Å². The number of nitro groups is 1. The third-order valence-corrected chi connectivity index (χ3v) is 8.63. The van der Waals surface area contributed by atoms with Crippen LogP contribution in [-0.4, -0.2) is 43.3 Å². The molecule has 1 heterocycles. The molecule has 1 spiro atoms. The van der Waals surface area contributed by atoms with Gasteiger partial charge in [0, 0.05) is 48.2 Å². The lowest BCUT2D eigenvalue weighted by Gasteiger charge is -2.36. The number of esters is 1. The third kappa shape index (κ3) is 3.16. The Balaban J connectivity index is 1.71. The Hall–Kier alpha value is -4.53. The van der Waals surface area contributed by atoms with Crippen LogP contribution in [0.1, 0.15) is 45.8 Å². The van der Waals surface area contributed by atoms with Crippen LogP contribution >= 0.6 is 0 Å². The molecular weight excluding hydrogens is 500 g/mol. The summed E-state index contributed by atoms with van der Waals surface area (Å²) >= 11 is 0. The number of Topliss-reactive ketones (excluding diaryl/α,β-unsaturated/α-hetero) is 1. The molecule has 1 saturated carbocycles. The Morgan fingerprint density at radius 3 is 2.46 bits per heavy atom. The van der Waals surface area contributed by atoms with Crippen LogP contribution in [0, 0.1) is 22.0 Å².